The summed E-state index contributed by atoms with van der Waals surface area (Å²) in [6.45, 7) is 5.87. The van der Waals surface area contributed by atoms with Gasteiger partial charge >= 0.3 is 0 Å². The second-order valence-electron chi connectivity index (χ2n) is 8.64. The summed E-state index contributed by atoms with van der Waals surface area (Å²) >= 11 is 0. The second-order valence-corrected chi connectivity index (χ2v) is 8.64. The topological polar surface area (TPSA) is 79.2 Å². The van der Waals surface area contributed by atoms with Crippen molar-refractivity contribution in [2.24, 2.45) is 11.3 Å². The number of fused-ring (bicyclic) bond motifs is 1. The first-order chi connectivity index (χ1) is 14.3. The van der Waals surface area contributed by atoms with Gasteiger partial charge in [-0.2, -0.15) is 4.68 Å². The van der Waals surface area contributed by atoms with E-state index in [-0.39, 0.29) is 30.2 Å². The zero-order chi connectivity index (χ0) is 19.7. The minimum atomic E-state index is -0.141. The molecule has 1 aromatic heterocycles. The van der Waals surface area contributed by atoms with Crippen molar-refractivity contribution in [3.05, 3.63) is 36.2 Å². The highest BCUT2D eigenvalue weighted by molar-refractivity contribution is 5.85. The Morgan fingerprint density at radius 1 is 1.10 bits per heavy atom. The first-order valence-corrected chi connectivity index (χ1v) is 10.8. The van der Waals surface area contributed by atoms with Gasteiger partial charge in [-0.3, -0.25) is 9.69 Å². The zero-order valence-corrected chi connectivity index (χ0v) is 19.3. The van der Waals surface area contributed by atoms with E-state index in [0.717, 1.165) is 57.2 Å². The van der Waals surface area contributed by atoms with Gasteiger partial charge in [0.2, 0.25) is 5.91 Å². The average molecular weight is 468 g/mol. The second kappa shape index (κ2) is 10.3. The fourth-order valence-electron chi connectivity index (χ4n) is 5.37. The van der Waals surface area contributed by atoms with Crippen LogP contribution in [-0.4, -0.2) is 75.2 Å². The van der Waals surface area contributed by atoms with Crippen molar-refractivity contribution in [2.75, 3.05) is 39.3 Å². The van der Waals surface area contributed by atoms with Crippen LogP contribution in [0.25, 0.3) is 5.69 Å². The number of nitrogens with zero attached hydrogens (tertiary/aromatic N) is 6. The molecule has 5 rings (SSSR count). The number of aromatic nitrogens is 4. The number of hydrogen-bond donors (Lipinski definition) is 1. The van der Waals surface area contributed by atoms with Crippen molar-refractivity contribution in [1.29, 1.82) is 0 Å². The highest BCUT2D eigenvalue weighted by Crippen LogP contribution is 2.45. The molecule has 1 saturated carbocycles. The molecule has 1 aliphatic carbocycles. The molecule has 1 N–H and O–H groups in total. The van der Waals surface area contributed by atoms with Gasteiger partial charge in [-0.15, -0.1) is 29.9 Å². The molecular weight excluding hydrogens is 437 g/mol. The number of piperazine rings is 1. The van der Waals surface area contributed by atoms with Crippen molar-refractivity contribution in [3.63, 3.8) is 0 Å². The highest BCUT2D eigenvalue weighted by atomic mass is 35.5. The van der Waals surface area contributed by atoms with Gasteiger partial charge in [0.1, 0.15) is 0 Å². The summed E-state index contributed by atoms with van der Waals surface area (Å²) in [5.41, 5.74) is 0.829. The number of rotatable bonds is 4. The van der Waals surface area contributed by atoms with Crippen molar-refractivity contribution < 1.29 is 4.79 Å². The molecule has 31 heavy (non-hydrogen) atoms. The lowest BCUT2D eigenvalue weighted by atomic mass is 9.67. The van der Waals surface area contributed by atoms with Crippen LogP contribution in [0.2, 0.25) is 0 Å². The largest absolute Gasteiger partial charge is 0.340 e. The quantitative estimate of drug-likeness (QED) is 0.739. The molecule has 1 amide bonds. The lowest BCUT2D eigenvalue weighted by Gasteiger charge is -2.43. The molecule has 0 unspecified atom stereocenters. The minimum Gasteiger partial charge on any atom is -0.340 e. The lowest BCUT2D eigenvalue weighted by molar-refractivity contribution is -0.147. The highest BCUT2D eigenvalue weighted by Gasteiger charge is 2.51. The van der Waals surface area contributed by atoms with E-state index >= 15 is 0 Å². The summed E-state index contributed by atoms with van der Waals surface area (Å²) in [6, 6.07) is 9.97. The number of benzene rings is 1. The Morgan fingerprint density at radius 3 is 2.65 bits per heavy atom. The third kappa shape index (κ3) is 4.58. The fraction of sp³-hybridized carbons (Fsp3) is 0.619. The van der Waals surface area contributed by atoms with Crippen molar-refractivity contribution in [1.82, 2.24) is 35.3 Å². The number of amides is 1. The number of tetrazole rings is 1. The van der Waals surface area contributed by atoms with Gasteiger partial charge in [0.05, 0.1) is 17.6 Å². The molecule has 2 aromatic rings. The van der Waals surface area contributed by atoms with Crippen molar-refractivity contribution >= 4 is 30.7 Å². The smallest absolute Gasteiger partial charge is 0.230 e. The molecule has 0 radical (unpaired) electrons. The van der Waals surface area contributed by atoms with Gasteiger partial charge in [0.15, 0.2) is 5.82 Å². The number of nitrogens with one attached hydrogen (secondary N) is 1. The normalized spacial score (nSPS) is 25.9. The van der Waals surface area contributed by atoms with E-state index in [4.69, 9.17) is 0 Å². The van der Waals surface area contributed by atoms with Gasteiger partial charge in [0, 0.05) is 32.7 Å². The summed E-state index contributed by atoms with van der Waals surface area (Å²) in [6.07, 6.45) is 4.70. The summed E-state index contributed by atoms with van der Waals surface area (Å²) < 4.78 is 1.80. The summed E-state index contributed by atoms with van der Waals surface area (Å²) in [5, 5.41) is 15.7. The van der Waals surface area contributed by atoms with Crippen molar-refractivity contribution in [3.8, 4) is 5.69 Å². The predicted octanol–water partition coefficient (Wildman–Crippen LogP) is 1.93. The number of halogens is 2. The first kappa shape index (κ1) is 23.9. The van der Waals surface area contributed by atoms with E-state index in [0.29, 0.717) is 18.4 Å². The third-order valence-electron chi connectivity index (χ3n) is 7.02. The summed E-state index contributed by atoms with van der Waals surface area (Å²) in [5.74, 6) is 1.75. The molecule has 3 heterocycles. The SMILES string of the molecule is Cl.Cl.O=C(N1CCN(Cc2nnnn2-c2ccccc2)CC1)[C@@]12CCCC[C@H]1CNC2. The van der Waals surface area contributed by atoms with Crippen LogP contribution < -0.4 is 5.32 Å². The van der Waals surface area contributed by atoms with Gasteiger partial charge < -0.3 is 10.2 Å². The molecular formula is C21H31Cl2N7O. The molecule has 3 aliphatic rings. The van der Waals surface area contributed by atoms with Gasteiger partial charge in [-0.1, -0.05) is 31.0 Å². The zero-order valence-electron chi connectivity index (χ0n) is 17.7. The fourth-order valence-corrected chi connectivity index (χ4v) is 5.37. The van der Waals surface area contributed by atoms with E-state index < -0.39 is 0 Å². The maximum Gasteiger partial charge on any atom is 0.230 e. The van der Waals surface area contributed by atoms with E-state index in [1.54, 1.807) is 4.68 Å². The van der Waals surface area contributed by atoms with E-state index in [1.165, 1.54) is 19.3 Å². The minimum absolute atomic E-state index is 0. The van der Waals surface area contributed by atoms with Gasteiger partial charge in [-0.25, -0.2) is 0 Å². The average Bonchev–Trinajstić information content (AvgIpc) is 3.42. The Bertz CT molecular complexity index is 856. The Morgan fingerprint density at radius 2 is 1.87 bits per heavy atom. The Kier molecular flexibility index (Phi) is 7.91. The first-order valence-electron chi connectivity index (χ1n) is 10.8. The molecule has 1 aromatic carbocycles. The molecule has 170 valence electrons. The van der Waals surface area contributed by atoms with Crippen LogP contribution in [0.15, 0.2) is 30.3 Å². The van der Waals surface area contributed by atoms with Crippen LogP contribution in [0.5, 0.6) is 0 Å². The summed E-state index contributed by atoms with van der Waals surface area (Å²) in [7, 11) is 0. The van der Waals surface area contributed by atoms with Crippen LogP contribution in [0.1, 0.15) is 31.5 Å². The van der Waals surface area contributed by atoms with Crippen LogP contribution in [0.3, 0.4) is 0 Å². The maximum absolute atomic E-state index is 13.5. The van der Waals surface area contributed by atoms with E-state index in [2.05, 4.69) is 30.6 Å². The Labute approximate surface area is 195 Å². The van der Waals surface area contributed by atoms with E-state index in [1.807, 2.05) is 30.3 Å². The van der Waals surface area contributed by atoms with Crippen LogP contribution in [-0.2, 0) is 11.3 Å². The molecule has 2 atom stereocenters. The number of carbonyl (C=O) groups is 1. The molecule has 0 spiro atoms. The third-order valence-corrected chi connectivity index (χ3v) is 7.02. The van der Waals surface area contributed by atoms with Crippen LogP contribution >= 0.6 is 24.8 Å². The number of para-hydroxylation sites is 1. The molecule has 2 aliphatic heterocycles. The monoisotopic (exact) mass is 467 g/mol. The molecule has 10 heteroatoms. The van der Waals surface area contributed by atoms with Gasteiger partial charge in [-0.05, 0) is 47.9 Å². The number of hydrogen-bond acceptors (Lipinski definition) is 6. The number of carbonyl (C=O) groups excluding carboxylic acids is 1. The lowest BCUT2D eigenvalue weighted by Crippen LogP contribution is -2.55. The Balaban J connectivity index is 0.00000136. The van der Waals surface area contributed by atoms with Gasteiger partial charge in [0.25, 0.3) is 0 Å². The molecule has 8 nitrogen and oxygen atoms in total. The molecule has 3 fully saturated rings. The molecule has 0 bridgehead atoms. The van der Waals surface area contributed by atoms with Crippen LogP contribution in [0, 0.1) is 11.3 Å². The van der Waals surface area contributed by atoms with E-state index in [9.17, 15) is 4.79 Å². The molecule has 2 saturated heterocycles. The standard InChI is InChI=1S/C21H29N7O.2ClH/c29-20(21-9-5-4-6-17(21)14-22-16-21)27-12-10-26(11-13-27)15-19-23-24-25-28(19)18-7-2-1-3-8-18;;/h1-3,7-8,17,22H,4-6,9-16H2;2*1H/t17-,21+;;/m0../s1. The van der Waals surface area contributed by atoms with Crippen LogP contribution in [0.4, 0.5) is 0 Å². The van der Waals surface area contributed by atoms with Crippen molar-refractivity contribution in [2.45, 2.75) is 32.2 Å². The predicted molar refractivity (Wildman–Crippen MR) is 123 cm³/mol. The summed E-state index contributed by atoms with van der Waals surface area (Å²) in [4.78, 5) is 17.9. The Hall–Kier alpha value is -1.74. The maximum atomic E-state index is 13.5.